The van der Waals surface area contributed by atoms with Crippen molar-refractivity contribution < 1.29 is 23.5 Å². The van der Waals surface area contributed by atoms with Crippen LogP contribution in [0.4, 0.5) is 16.2 Å². The molecule has 10 nitrogen and oxygen atoms in total. The van der Waals surface area contributed by atoms with Crippen molar-refractivity contribution >= 4 is 57.0 Å². The summed E-state index contributed by atoms with van der Waals surface area (Å²) in [6, 6.07) is 26.8. The first-order valence-electron chi connectivity index (χ1n) is 14.2. The first-order chi connectivity index (χ1) is 21.9. The number of hydrogen-bond acceptors (Lipinski definition) is 8. The van der Waals surface area contributed by atoms with E-state index in [-0.39, 0.29) is 19.1 Å². The van der Waals surface area contributed by atoms with Crippen molar-refractivity contribution in [2.75, 3.05) is 5.32 Å². The number of pyridine rings is 1. The molecule has 226 valence electrons. The van der Waals surface area contributed by atoms with Crippen LogP contribution >= 0.6 is 11.8 Å². The number of benzene rings is 3. The average molecular weight is 620 g/mol. The molecule has 3 heterocycles. The second-order valence-electron chi connectivity index (χ2n) is 10.3. The lowest BCUT2D eigenvalue weighted by atomic mass is 10.1. The topological polar surface area (TPSA) is 126 Å². The first-order valence-corrected chi connectivity index (χ1v) is 15.1. The molecule has 1 saturated heterocycles. The standard InChI is InChI=1S/C34H29N5O5S/c1-22(36-34(42)44-21-23-7-3-2-4-8-23)31(40)37-26-14-12-25(13-15-26)30-32(41)39(20-27-10-6-18-43-27)33(45-30)38-29-11-5-9-24-16-17-35-19-28(24)29/h2-19,22,30H,20-21H2,1H3,(H,36,42)(H,37,40)/t22-,30?/m1/s1. The summed E-state index contributed by atoms with van der Waals surface area (Å²) in [5, 5.41) is 7.22. The molecule has 0 spiro atoms. The number of anilines is 1. The Bertz CT molecular complexity index is 1840. The van der Waals surface area contributed by atoms with Crippen LogP contribution in [0.15, 0.2) is 119 Å². The molecule has 1 fully saturated rings. The van der Waals surface area contributed by atoms with E-state index in [4.69, 9.17) is 14.1 Å². The maximum absolute atomic E-state index is 13.7. The van der Waals surface area contributed by atoms with Gasteiger partial charge in [-0.25, -0.2) is 9.79 Å². The summed E-state index contributed by atoms with van der Waals surface area (Å²) in [7, 11) is 0. The molecule has 3 aromatic carbocycles. The molecule has 0 bridgehead atoms. The number of amidine groups is 1. The van der Waals surface area contributed by atoms with Gasteiger partial charge in [0.2, 0.25) is 11.8 Å². The number of ether oxygens (including phenoxy) is 1. The van der Waals surface area contributed by atoms with Crippen molar-refractivity contribution in [3.63, 3.8) is 0 Å². The number of nitrogens with one attached hydrogen (secondary N) is 2. The van der Waals surface area contributed by atoms with Gasteiger partial charge in [0.1, 0.15) is 23.7 Å². The Kier molecular flexibility index (Phi) is 8.88. The summed E-state index contributed by atoms with van der Waals surface area (Å²) in [6.07, 6.45) is 4.38. The quantitative estimate of drug-likeness (QED) is 0.191. The van der Waals surface area contributed by atoms with E-state index in [0.717, 1.165) is 21.9 Å². The number of aromatic nitrogens is 1. The van der Waals surface area contributed by atoms with Gasteiger partial charge in [-0.2, -0.15) is 0 Å². The van der Waals surface area contributed by atoms with Gasteiger partial charge in [0.15, 0.2) is 5.17 Å². The Morgan fingerprint density at radius 2 is 1.84 bits per heavy atom. The van der Waals surface area contributed by atoms with E-state index in [1.807, 2.05) is 60.7 Å². The third-order valence-electron chi connectivity index (χ3n) is 7.14. The van der Waals surface area contributed by atoms with E-state index >= 15 is 0 Å². The van der Waals surface area contributed by atoms with Crippen LogP contribution in [0, 0.1) is 0 Å². The smallest absolute Gasteiger partial charge is 0.408 e. The molecule has 2 aromatic heterocycles. The summed E-state index contributed by atoms with van der Waals surface area (Å²) < 4.78 is 10.7. The third kappa shape index (κ3) is 7.05. The van der Waals surface area contributed by atoms with Gasteiger partial charge in [-0.15, -0.1) is 0 Å². The molecule has 45 heavy (non-hydrogen) atoms. The second kappa shape index (κ2) is 13.5. The van der Waals surface area contributed by atoms with E-state index in [9.17, 15) is 14.4 Å². The molecule has 11 heteroatoms. The van der Waals surface area contributed by atoms with E-state index in [1.54, 1.807) is 60.8 Å². The Morgan fingerprint density at radius 1 is 1.02 bits per heavy atom. The van der Waals surface area contributed by atoms with Crippen LogP contribution in [0.25, 0.3) is 10.8 Å². The van der Waals surface area contributed by atoms with Crippen molar-refractivity contribution in [1.29, 1.82) is 0 Å². The highest BCUT2D eigenvalue weighted by atomic mass is 32.2. The number of fused-ring (bicyclic) bond motifs is 1. The zero-order valence-corrected chi connectivity index (χ0v) is 25.1. The summed E-state index contributed by atoms with van der Waals surface area (Å²) in [6.45, 7) is 1.91. The minimum absolute atomic E-state index is 0.102. The minimum Gasteiger partial charge on any atom is -0.467 e. The highest BCUT2D eigenvalue weighted by Crippen LogP contribution is 2.42. The van der Waals surface area contributed by atoms with Crippen LogP contribution in [0.3, 0.4) is 0 Å². The molecule has 0 aliphatic carbocycles. The fourth-order valence-electron chi connectivity index (χ4n) is 4.75. The summed E-state index contributed by atoms with van der Waals surface area (Å²) in [5.41, 5.74) is 2.84. The SMILES string of the molecule is C[C@@H](NC(=O)OCc1ccccc1)C(=O)Nc1ccc(C2SC(=Nc3cccc4ccncc34)N(Cc3ccco3)C2=O)cc1. The van der Waals surface area contributed by atoms with Gasteiger partial charge in [-0.1, -0.05) is 66.4 Å². The fourth-order valence-corrected chi connectivity index (χ4v) is 5.92. The number of thioether (sulfide) groups is 1. The van der Waals surface area contributed by atoms with Crippen molar-refractivity contribution in [3.8, 4) is 0 Å². The van der Waals surface area contributed by atoms with Crippen LogP contribution < -0.4 is 10.6 Å². The van der Waals surface area contributed by atoms with Crippen LogP contribution in [0.2, 0.25) is 0 Å². The molecule has 2 N–H and O–H groups in total. The highest BCUT2D eigenvalue weighted by Gasteiger charge is 2.39. The average Bonchev–Trinajstić information content (AvgIpc) is 3.69. The third-order valence-corrected chi connectivity index (χ3v) is 8.37. The van der Waals surface area contributed by atoms with Gasteiger partial charge in [0.05, 0.1) is 18.5 Å². The lowest BCUT2D eigenvalue weighted by Gasteiger charge is -2.16. The van der Waals surface area contributed by atoms with Crippen LogP contribution in [-0.2, 0) is 27.5 Å². The molecule has 0 radical (unpaired) electrons. The van der Waals surface area contributed by atoms with Gasteiger partial charge >= 0.3 is 6.09 Å². The normalized spacial score (nSPS) is 16.1. The molecular formula is C34H29N5O5S. The van der Waals surface area contributed by atoms with Crippen LogP contribution in [0.5, 0.6) is 0 Å². The number of amides is 3. The van der Waals surface area contributed by atoms with Crippen molar-refractivity contribution in [1.82, 2.24) is 15.2 Å². The molecule has 1 aliphatic rings. The largest absolute Gasteiger partial charge is 0.467 e. The Labute approximate surface area is 263 Å². The zero-order valence-electron chi connectivity index (χ0n) is 24.3. The number of aliphatic imine (C=N–C) groups is 1. The molecule has 5 aromatic rings. The predicted molar refractivity (Wildman–Crippen MR) is 173 cm³/mol. The van der Waals surface area contributed by atoms with Gasteiger partial charge in [0.25, 0.3) is 0 Å². The first kappa shape index (κ1) is 29.6. The summed E-state index contributed by atoms with van der Waals surface area (Å²) in [4.78, 5) is 49.4. The molecule has 6 rings (SSSR count). The van der Waals surface area contributed by atoms with Gasteiger partial charge in [-0.3, -0.25) is 19.5 Å². The molecule has 1 aliphatic heterocycles. The molecular weight excluding hydrogens is 590 g/mol. The fraction of sp³-hybridized carbons (Fsp3) is 0.147. The lowest BCUT2D eigenvalue weighted by Crippen LogP contribution is -2.41. The Balaban J connectivity index is 1.13. The number of hydrogen-bond donors (Lipinski definition) is 2. The Hall–Kier alpha value is -5.42. The predicted octanol–water partition coefficient (Wildman–Crippen LogP) is 6.59. The van der Waals surface area contributed by atoms with E-state index in [0.29, 0.717) is 22.3 Å². The minimum atomic E-state index is -0.835. The molecule has 1 unspecified atom stereocenters. The number of rotatable bonds is 9. The monoisotopic (exact) mass is 619 g/mol. The van der Waals surface area contributed by atoms with E-state index < -0.39 is 23.3 Å². The summed E-state index contributed by atoms with van der Waals surface area (Å²) in [5.74, 6) is 0.105. The molecule has 2 atom stereocenters. The molecule has 0 saturated carbocycles. The van der Waals surface area contributed by atoms with Crippen LogP contribution in [-0.4, -0.2) is 39.0 Å². The van der Waals surface area contributed by atoms with E-state index in [1.165, 1.54) is 11.8 Å². The molecule has 3 amide bonds. The number of alkyl carbamates (subject to hydrolysis) is 1. The lowest BCUT2D eigenvalue weighted by molar-refractivity contribution is -0.126. The van der Waals surface area contributed by atoms with Crippen LogP contribution in [0.1, 0.15) is 29.1 Å². The van der Waals surface area contributed by atoms with Crippen molar-refractivity contribution in [2.24, 2.45) is 4.99 Å². The number of furan rings is 1. The van der Waals surface area contributed by atoms with Crippen molar-refractivity contribution in [2.45, 2.75) is 31.4 Å². The number of carbonyl (C=O) groups is 3. The Morgan fingerprint density at radius 3 is 2.62 bits per heavy atom. The maximum atomic E-state index is 13.7. The number of nitrogens with zero attached hydrogens (tertiary/aromatic N) is 3. The zero-order chi connectivity index (χ0) is 31.2. The van der Waals surface area contributed by atoms with Gasteiger partial charge in [0, 0.05) is 23.5 Å². The van der Waals surface area contributed by atoms with Gasteiger partial charge < -0.3 is 19.8 Å². The van der Waals surface area contributed by atoms with Crippen molar-refractivity contribution in [3.05, 3.63) is 127 Å². The maximum Gasteiger partial charge on any atom is 0.408 e. The second-order valence-corrected chi connectivity index (χ2v) is 11.4. The highest BCUT2D eigenvalue weighted by molar-refractivity contribution is 8.15. The van der Waals surface area contributed by atoms with Gasteiger partial charge in [-0.05, 0) is 59.8 Å². The summed E-state index contributed by atoms with van der Waals surface area (Å²) >= 11 is 1.36. The van der Waals surface area contributed by atoms with E-state index in [2.05, 4.69) is 15.6 Å². The number of carbonyl (C=O) groups excluding carboxylic acids is 3.